The van der Waals surface area contributed by atoms with Gasteiger partial charge in [0.05, 0.1) is 17.5 Å². The van der Waals surface area contributed by atoms with E-state index in [-0.39, 0.29) is 41.3 Å². The quantitative estimate of drug-likeness (QED) is 0.391. The van der Waals surface area contributed by atoms with Crippen LogP contribution in [0.3, 0.4) is 0 Å². The second-order valence-electron chi connectivity index (χ2n) is 8.61. The number of anilines is 1. The Balaban J connectivity index is 1.44. The van der Waals surface area contributed by atoms with Crippen LogP contribution >= 0.6 is 11.6 Å². The lowest BCUT2D eigenvalue weighted by atomic mass is 9.85. The zero-order chi connectivity index (χ0) is 21.9. The first-order chi connectivity index (χ1) is 14.8. The Kier molecular flexibility index (Phi) is 4.74. The second kappa shape index (κ2) is 7.34. The molecule has 2 amide bonds. The summed E-state index contributed by atoms with van der Waals surface area (Å²) in [6, 6.07) is 12.1. The first kappa shape index (κ1) is 20.0. The van der Waals surface area contributed by atoms with Crippen LogP contribution in [0, 0.1) is 30.6 Å². The zero-order valence-electron chi connectivity index (χ0n) is 17.2. The summed E-state index contributed by atoms with van der Waals surface area (Å²) in [5.74, 6) is -0.725. The highest BCUT2D eigenvalue weighted by molar-refractivity contribution is 6.31. The molecule has 158 valence electrons. The monoisotopic (exact) mass is 435 g/mol. The van der Waals surface area contributed by atoms with Gasteiger partial charge in [-0.2, -0.15) is 0 Å². The molecule has 0 unspecified atom stereocenters. The topological polar surface area (TPSA) is 63.7 Å². The molecule has 5 atom stereocenters. The van der Waals surface area contributed by atoms with Crippen molar-refractivity contribution in [3.05, 3.63) is 70.8 Å². The number of ether oxygens (including phenoxy) is 1. The van der Waals surface area contributed by atoms with E-state index < -0.39 is 6.10 Å². The van der Waals surface area contributed by atoms with Gasteiger partial charge in [0, 0.05) is 10.6 Å². The van der Waals surface area contributed by atoms with Crippen molar-refractivity contribution in [1.29, 1.82) is 0 Å². The third kappa shape index (κ3) is 3.19. The number of aryl methyl sites for hydroxylation is 1. The molecule has 0 aromatic heterocycles. The van der Waals surface area contributed by atoms with Gasteiger partial charge in [0.25, 0.3) is 0 Å². The van der Waals surface area contributed by atoms with Crippen LogP contribution in [0.15, 0.2) is 54.6 Å². The summed E-state index contributed by atoms with van der Waals surface area (Å²) in [6.07, 6.45) is 4.17. The first-order valence-corrected chi connectivity index (χ1v) is 10.9. The van der Waals surface area contributed by atoms with E-state index in [0.717, 1.165) is 12.0 Å². The number of Topliss-reactive ketones (excluding diaryl/α,β-unsaturated/α-hetero) is 1. The number of nitrogens with zero attached hydrogens (tertiary/aromatic N) is 1. The molecular formula is C25H22ClNO4. The van der Waals surface area contributed by atoms with Gasteiger partial charge < -0.3 is 4.74 Å². The molecule has 2 aromatic rings. The molecule has 3 aliphatic rings. The van der Waals surface area contributed by atoms with E-state index in [2.05, 4.69) is 12.2 Å². The van der Waals surface area contributed by atoms with Crippen LogP contribution in [-0.4, -0.2) is 23.7 Å². The number of imide groups is 1. The summed E-state index contributed by atoms with van der Waals surface area (Å²) < 4.78 is 5.98. The minimum absolute atomic E-state index is 0.113. The molecule has 5 nitrogen and oxygen atoms in total. The van der Waals surface area contributed by atoms with Crippen LogP contribution in [0.2, 0.25) is 5.02 Å². The van der Waals surface area contributed by atoms with Crippen LogP contribution in [-0.2, 0) is 9.59 Å². The molecule has 31 heavy (non-hydrogen) atoms. The van der Waals surface area contributed by atoms with E-state index in [4.69, 9.17) is 16.3 Å². The number of hydrogen-bond acceptors (Lipinski definition) is 4. The van der Waals surface area contributed by atoms with Gasteiger partial charge in [-0.1, -0.05) is 53.6 Å². The largest absolute Gasteiger partial charge is 0.480 e. The molecule has 1 aliphatic heterocycles. The van der Waals surface area contributed by atoms with E-state index in [1.165, 1.54) is 4.90 Å². The minimum atomic E-state index is -0.798. The van der Waals surface area contributed by atoms with E-state index in [1.54, 1.807) is 37.3 Å². The van der Waals surface area contributed by atoms with Crippen molar-refractivity contribution in [3.8, 4) is 5.75 Å². The molecule has 0 radical (unpaired) electrons. The lowest BCUT2D eigenvalue weighted by Gasteiger charge is -2.23. The summed E-state index contributed by atoms with van der Waals surface area (Å²) in [6.45, 7) is 3.61. The van der Waals surface area contributed by atoms with E-state index >= 15 is 0 Å². The number of benzene rings is 2. The highest BCUT2D eigenvalue weighted by Crippen LogP contribution is 2.54. The third-order valence-electron chi connectivity index (χ3n) is 6.64. The van der Waals surface area contributed by atoms with Gasteiger partial charge in [0.15, 0.2) is 6.10 Å². The highest BCUT2D eigenvalue weighted by Gasteiger charge is 2.60. The lowest BCUT2D eigenvalue weighted by Crippen LogP contribution is -2.34. The Labute approximate surface area is 185 Å². The smallest absolute Gasteiger partial charge is 0.238 e. The van der Waals surface area contributed by atoms with Crippen molar-refractivity contribution in [2.45, 2.75) is 26.4 Å². The SMILES string of the molecule is Cc1ccc(C(=O)[C@@H](C)Oc2ccc(Cl)cc2N2C(=O)[C@@H]3[C@@H](C2=O)[C@H]2C=C[C@H]3C2)cc1. The fraction of sp³-hybridized carbons (Fsp3) is 0.320. The van der Waals surface area contributed by atoms with Crippen LogP contribution in [0.5, 0.6) is 5.75 Å². The van der Waals surface area contributed by atoms with Gasteiger partial charge in [-0.05, 0) is 50.3 Å². The van der Waals surface area contributed by atoms with Crippen molar-refractivity contribution in [3.63, 3.8) is 0 Å². The average Bonchev–Trinajstić information content (AvgIpc) is 3.43. The number of fused-ring (bicyclic) bond motifs is 5. The fourth-order valence-electron chi connectivity index (χ4n) is 5.10. The van der Waals surface area contributed by atoms with Crippen molar-refractivity contribution in [2.75, 3.05) is 4.90 Å². The van der Waals surface area contributed by atoms with Gasteiger partial charge in [-0.15, -0.1) is 0 Å². The standard InChI is InChI=1S/C25H22ClNO4/c1-13-3-5-15(6-4-13)23(28)14(2)31-20-10-9-18(26)12-19(20)27-24(29)21-16-7-8-17(11-16)22(21)25(27)30/h3-10,12,14,16-17,21-22H,11H2,1-2H3/t14-,16+,17+,21+,22+/m1/s1. The molecule has 2 aromatic carbocycles. The number of carbonyl (C=O) groups excluding carboxylic acids is 3. The molecule has 2 aliphatic carbocycles. The average molecular weight is 436 g/mol. The van der Waals surface area contributed by atoms with Crippen LogP contribution in [0.1, 0.15) is 29.3 Å². The zero-order valence-corrected chi connectivity index (χ0v) is 18.0. The number of hydrogen-bond donors (Lipinski definition) is 0. The van der Waals surface area contributed by atoms with Gasteiger partial charge in [-0.3, -0.25) is 14.4 Å². The Hall–Kier alpha value is -2.92. The van der Waals surface area contributed by atoms with Crippen LogP contribution in [0.25, 0.3) is 0 Å². The number of rotatable bonds is 5. The van der Waals surface area contributed by atoms with Crippen molar-refractivity contribution in [1.82, 2.24) is 0 Å². The number of allylic oxidation sites excluding steroid dienone is 2. The first-order valence-electron chi connectivity index (χ1n) is 10.5. The van der Waals surface area contributed by atoms with Gasteiger partial charge >= 0.3 is 0 Å². The summed E-state index contributed by atoms with van der Waals surface area (Å²) in [5, 5.41) is 0.388. The number of ketones is 1. The maximum atomic E-state index is 13.2. The van der Waals surface area contributed by atoms with Crippen LogP contribution < -0.4 is 9.64 Å². The Morgan fingerprint density at radius 3 is 2.26 bits per heavy atom. The predicted molar refractivity (Wildman–Crippen MR) is 117 cm³/mol. The minimum Gasteiger partial charge on any atom is -0.480 e. The molecule has 0 spiro atoms. The Morgan fingerprint density at radius 1 is 1.03 bits per heavy atom. The maximum absolute atomic E-state index is 13.2. The fourth-order valence-corrected chi connectivity index (χ4v) is 5.27. The number of halogens is 1. The maximum Gasteiger partial charge on any atom is 0.238 e. The lowest BCUT2D eigenvalue weighted by molar-refractivity contribution is -0.123. The molecule has 1 heterocycles. The summed E-state index contributed by atoms with van der Waals surface area (Å²) in [4.78, 5) is 40.5. The van der Waals surface area contributed by atoms with E-state index in [9.17, 15) is 14.4 Å². The predicted octanol–water partition coefficient (Wildman–Crippen LogP) is 4.61. The van der Waals surface area contributed by atoms with Crippen LogP contribution in [0.4, 0.5) is 5.69 Å². The molecule has 5 rings (SSSR count). The van der Waals surface area contributed by atoms with E-state index in [0.29, 0.717) is 22.0 Å². The molecule has 2 fully saturated rings. The van der Waals surface area contributed by atoms with Crippen molar-refractivity contribution < 1.29 is 19.1 Å². The van der Waals surface area contributed by atoms with Crippen molar-refractivity contribution >= 4 is 34.9 Å². The second-order valence-corrected chi connectivity index (χ2v) is 9.05. The Morgan fingerprint density at radius 2 is 1.65 bits per heavy atom. The van der Waals surface area contributed by atoms with Gasteiger partial charge in [0.2, 0.25) is 17.6 Å². The Bertz CT molecular complexity index is 1090. The van der Waals surface area contributed by atoms with E-state index in [1.807, 2.05) is 19.1 Å². The summed E-state index contributed by atoms with van der Waals surface area (Å²) in [7, 11) is 0. The molecule has 1 saturated carbocycles. The molecule has 2 bridgehead atoms. The molecular weight excluding hydrogens is 414 g/mol. The molecule has 1 saturated heterocycles. The molecule has 6 heteroatoms. The third-order valence-corrected chi connectivity index (χ3v) is 6.88. The molecule has 0 N–H and O–H groups in total. The normalized spacial score (nSPS) is 27.0. The number of carbonyl (C=O) groups is 3. The number of amides is 2. The highest BCUT2D eigenvalue weighted by atomic mass is 35.5. The van der Waals surface area contributed by atoms with Gasteiger partial charge in [0.1, 0.15) is 5.75 Å². The van der Waals surface area contributed by atoms with Gasteiger partial charge in [-0.25, -0.2) is 4.90 Å². The summed E-state index contributed by atoms with van der Waals surface area (Å²) in [5.41, 5.74) is 1.91. The summed E-state index contributed by atoms with van der Waals surface area (Å²) >= 11 is 6.21. The van der Waals surface area contributed by atoms with Crippen molar-refractivity contribution in [2.24, 2.45) is 23.7 Å².